The average Bonchev–Trinajstić information content (AvgIpc) is 3.44. The van der Waals surface area contributed by atoms with E-state index in [1.165, 1.54) is 11.3 Å². The van der Waals surface area contributed by atoms with E-state index in [4.69, 9.17) is 16.3 Å². The van der Waals surface area contributed by atoms with Crippen LogP contribution in [-0.2, 0) is 0 Å². The number of hydrogen-bond acceptors (Lipinski definition) is 6. The Morgan fingerprint density at radius 3 is 2.50 bits per heavy atom. The van der Waals surface area contributed by atoms with E-state index in [1.54, 1.807) is 11.6 Å². The third-order valence-corrected chi connectivity index (χ3v) is 5.47. The van der Waals surface area contributed by atoms with Crippen molar-refractivity contribution in [1.82, 2.24) is 30.0 Å². The summed E-state index contributed by atoms with van der Waals surface area (Å²) in [5.41, 5.74) is 3.55. The number of rotatable bonds is 4. The van der Waals surface area contributed by atoms with Crippen LogP contribution in [-0.4, -0.2) is 37.1 Å². The third kappa shape index (κ3) is 2.92. The van der Waals surface area contributed by atoms with Crippen LogP contribution < -0.4 is 4.74 Å². The molecule has 0 aliphatic rings. The van der Waals surface area contributed by atoms with Gasteiger partial charge >= 0.3 is 0 Å². The van der Waals surface area contributed by atoms with Crippen LogP contribution in [0.15, 0.2) is 54.6 Å². The molecule has 0 saturated heterocycles. The molecule has 5 rings (SSSR count). The molecule has 0 bridgehead atoms. The Labute approximate surface area is 168 Å². The highest BCUT2D eigenvalue weighted by Crippen LogP contribution is 2.30. The highest BCUT2D eigenvalue weighted by molar-refractivity contribution is 7.19. The molecule has 7 nitrogen and oxygen atoms in total. The van der Waals surface area contributed by atoms with Gasteiger partial charge < -0.3 is 4.74 Å². The maximum atomic E-state index is 5.97. The highest BCUT2D eigenvalue weighted by Gasteiger charge is 2.16. The fraction of sp³-hybridized carbons (Fsp3) is 0.0526. The lowest BCUT2D eigenvalue weighted by atomic mass is 10.1. The second-order valence-corrected chi connectivity index (χ2v) is 7.42. The molecule has 3 heterocycles. The number of H-pyrrole nitrogens is 1. The zero-order valence-electron chi connectivity index (χ0n) is 14.6. The zero-order valence-corrected chi connectivity index (χ0v) is 16.2. The van der Waals surface area contributed by atoms with E-state index >= 15 is 0 Å². The summed E-state index contributed by atoms with van der Waals surface area (Å²) >= 11 is 7.42. The number of methoxy groups -OCH3 is 1. The minimum atomic E-state index is 0.670. The number of benzene rings is 2. The molecular weight excluding hydrogens is 396 g/mol. The second kappa shape index (κ2) is 6.74. The van der Waals surface area contributed by atoms with E-state index in [9.17, 15) is 0 Å². The topological polar surface area (TPSA) is 81.0 Å². The van der Waals surface area contributed by atoms with Gasteiger partial charge in [0.15, 0.2) is 10.8 Å². The first-order valence-corrected chi connectivity index (χ1v) is 9.59. The van der Waals surface area contributed by atoms with E-state index < -0.39 is 0 Å². The molecule has 3 aromatic heterocycles. The summed E-state index contributed by atoms with van der Waals surface area (Å²) < 4.78 is 6.93. The third-order valence-electron chi connectivity index (χ3n) is 4.29. The molecule has 0 unspecified atom stereocenters. The Kier molecular flexibility index (Phi) is 4.07. The summed E-state index contributed by atoms with van der Waals surface area (Å²) in [4.78, 5) is 0.709. The predicted molar refractivity (Wildman–Crippen MR) is 109 cm³/mol. The molecule has 0 radical (unpaired) electrons. The lowest BCUT2D eigenvalue weighted by Gasteiger charge is -1.99. The molecule has 0 spiro atoms. The molecule has 0 aliphatic heterocycles. The van der Waals surface area contributed by atoms with Crippen LogP contribution in [0.1, 0.15) is 0 Å². The summed E-state index contributed by atoms with van der Waals surface area (Å²) in [6.07, 6.45) is 0. The Hall–Kier alpha value is -3.23. The van der Waals surface area contributed by atoms with Crippen molar-refractivity contribution in [3.05, 3.63) is 59.6 Å². The smallest absolute Gasteiger partial charge is 0.235 e. The second-order valence-electron chi connectivity index (χ2n) is 6.03. The standard InChI is InChI=1S/C19H13ClN6OS/c1-27-14-8-4-11(5-9-14)15-10-16(22-21-15)18-25-26-17(23-24-19(26)28-18)12-2-6-13(20)7-3-12/h2-10H,1H3,(H,21,22). The number of nitrogens with one attached hydrogen (secondary N) is 1. The zero-order chi connectivity index (χ0) is 19.1. The number of aromatic amines is 1. The number of aromatic nitrogens is 6. The largest absolute Gasteiger partial charge is 0.497 e. The van der Waals surface area contributed by atoms with Gasteiger partial charge in [-0.25, -0.2) is 0 Å². The van der Waals surface area contributed by atoms with Crippen LogP contribution in [0.3, 0.4) is 0 Å². The fourth-order valence-corrected chi connectivity index (χ4v) is 3.78. The van der Waals surface area contributed by atoms with Gasteiger partial charge in [0.05, 0.1) is 18.5 Å². The molecule has 5 aromatic rings. The Morgan fingerprint density at radius 1 is 1.00 bits per heavy atom. The molecular formula is C19H13ClN6OS. The maximum Gasteiger partial charge on any atom is 0.235 e. The van der Waals surface area contributed by atoms with E-state index in [1.807, 2.05) is 54.6 Å². The monoisotopic (exact) mass is 408 g/mol. The summed E-state index contributed by atoms with van der Waals surface area (Å²) in [5.74, 6) is 1.48. The van der Waals surface area contributed by atoms with Gasteiger partial charge in [-0.1, -0.05) is 22.9 Å². The van der Waals surface area contributed by atoms with Crippen molar-refractivity contribution in [3.8, 4) is 39.1 Å². The quantitative estimate of drug-likeness (QED) is 0.471. The van der Waals surface area contributed by atoms with Gasteiger partial charge in [0.2, 0.25) is 4.96 Å². The minimum absolute atomic E-state index is 0.670. The highest BCUT2D eigenvalue weighted by atomic mass is 35.5. The van der Waals surface area contributed by atoms with Crippen LogP contribution in [0.25, 0.3) is 38.3 Å². The number of halogens is 1. The molecule has 0 aliphatic carbocycles. The molecule has 1 N–H and O–H groups in total. The van der Waals surface area contributed by atoms with Crippen LogP contribution in [0.5, 0.6) is 5.75 Å². The first-order chi connectivity index (χ1) is 13.7. The number of nitrogens with zero attached hydrogens (tertiary/aromatic N) is 5. The van der Waals surface area contributed by atoms with Gasteiger partial charge in [0.1, 0.15) is 5.75 Å². The summed E-state index contributed by atoms with van der Waals surface area (Å²) in [5, 5.41) is 22.1. The van der Waals surface area contributed by atoms with E-state index in [0.29, 0.717) is 15.8 Å². The first kappa shape index (κ1) is 16.9. The Balaban J connectivity index is 1.50. The van der Waals surface area contributed by atoms with Gasteiger partial charge in [0, 0.05) is 16.1 Å². The van der Waals surface area contributed by atoms with Gasteiger partial charge in [0.25, 0.3) is 0 Å². The van der Waals surface area contributed by atoms with Crippen molar-refractivity contribution in [2.24, 2.45) is 0 Å². The normalized spacial score (nSPS) is 11.2. The molecule has 28 heavy (non-hydrogen) atoms. The lowest BCUT2D eigenvalue weighted by molar-refractivity contribution is 0.415. The SMILES string of the molecule is COc1ccc(-c2cc(-c3nn4c(-c5ccc(Cl)cc5)nnc4s3)[nH]n2)cc1. The average molecular weight is 409 g/mol. The molecule has 2 aromatic carbocycles. The maximum absolute atomic E-state index is 5.97. The first-order valence-electron chi connectivity index (χ1n) is 8.39. The molecule has 0 fully saturated rings. The number of ether oxygens (including phenoxy) is 1. The number of hydrogen-bond donors (Lipinski definition) is 1. The van der Waals surface area contributed by atoms with Crippen molar-refractivity contribution >= 4 is 27.9 Å². The summed E-state index contributed by atoms with van der Waals surface area (Å²) in [6.45, 7) is 0. The van der Waals surface area contributed by atoms with Gasteiger partial charge in [-0.3, -0.25) is 5.10 Å². The molecule has 0 amide bonds. The van der Waals surface area contributed by atoms with Crippen LogP contribution in [0.2, 0.25) is 5.02 Å². The predicted octanol–water partition coefficient (Wildman–Crippen LogP) is 4.57. The summed E-state index contributed by atoms with van der Waals surface area (Å²) in [6, 6.07) is 17.2. The molecule has 0 saturated carbocycles. The van der Waals surface area contributed by atoms with E-state index in [-0.39, 0.29) is 0 Å². The Morgan fingerprint density at radius 2 is 1.75 bits per heavy atom. The Bertz CT molecular complexity index is 1260. The van der Waals surface area contributed by atoms with Crippen molar-refractivity contribution in [2.45, 2.75) is 0 Å². The molecule has 138 valence electrons. The van der Waals surface area contributed by atoms with Crippen LogP contribution in [0, 0.1) is 0 Å². The van der Waals surface area contributed by atoms with Gasteiger partial charge in [-0.15, -0.1) is 10.2 Å². The van der Waals surface area contributed by atoms with Crippen LogP contribution in [0.4, 0.5) is 0 Å². The molecule has 0 atom stereocenters. The van der Waals surface area contributed by atoms with Crippen molar-refractivity contribution < 1.29 is 4.74 Å². The lowest BCUT2D eigenvalue weighted by Crippen LogP contribution is -1.90. The van der Waals surface area contributed by atoms with Crippen molar-refractivity contribution in [3.63, 3.8) is 0 Å². The fourth-order valence-electron chi connectivity index (χ4n) is 2.85. The number of fused-ring (bicyclic) bond motifs is 1. The molecule has 9 heteroatoms. The van der Waals surface area contributed by atoms with Crippen molar-refractivity contribution in [1.29, 1.82) is 0 Å². The van der Waals surface area contributed by atoms with E-state index in [0.717, 1.165) is 33.3 Å². The van der Waals surface area contributed by atoms with E-state index in [2.05, 4.69) is 25.5 Å². The van der Waals surface area contributed by atoms with Crippen LogP contribution >= 0.6 is 22.9 Å². The summed E-state index contributed by atoms with van der Waals surface area (Å²) in [7, 11) is 1.65. The minimum Gasteiger partial charge on any atom is -0.497 e. The van der Waals surface area contributed by atoms with Gasteiger partial charge in [-0.05, 0) is 54.6 Å². The van der Waals surface area contributed by atoms with Gasteiger partial charge in [-0.2, -0.15) is 14.7 Å². The van der Waals surface area contributed by atoms with Crippen molar-refractivity contribution in [2.75, 3.05) is 7.11 Å².